The van der Waals surface area contributed by atoms with Gasteiger partial charge in [-0.05, 0) is 50.2 Å². The van der Waals surface area contributed by atoms with Crippen molar-refractivity contribution in [1.29, 1.82) is 0 Å². The van der Waals surface area contributed by atoms with Crippen molar-refractivity contribution in [1.82, 2.24) is 19.6 Å². The molecule has 0 saturated heterocycles. The van der Waals surface area contributed by atoms with E-state index in [1.807, 2.05) is 12.1 Å². The Labute approximate surface area is 291 Å². The number of carboxylic acids is 2. The molecule has 49 heavy (non-hydrogen) atoms. The molecule has 14 nitrogen and oxygen atoms in total. The van der Waals surface area contributed by atoms with Gasteiger partial charge in [-0.3, -0.25) is 0 Å². The van der Waals surface area contributed by atoms with Gasteiger partial charge in [0.25, 0.3) is 0 Å². The Balaban J connectivity index is 0.000000260. The summed E-state index contributed by atoms with van der Waals surface area (Å²) in [6, 6.07) is 29.9. The van der Waals surface area contributed by atoms with E-state index in [-0.39, 0.29) is 52.7 Å². The number of azo groups is 2. The molecule has 2 aromatic heterocycles. The van der Waals surface area contributed by atoms with Crippen molar-refractivity contribution in [2.75, 3.05) is 0 Å². The molecule has 6 rings (SSSR count). The van der Waals surface area contributed by atoms with Crippen molar-refractivity contribution in [3.05, 3.63) is 132 Å². The number of aromatic carboxylic acids is 2. The Kier molecular flexibility index (Phi) is 11.5. The largest absolute Gasteiger partial charge is 3.00 e. The first-order chi connectivity index (χ1) is 23.2. The number of benzene rings is 4. The van der Waals surface area contributed by atoms with E-state index in [1.54, 1.807) is 86.6 Å². The SMILES string of the molecule is Cc1nn(-c2ccccc2)c([O-])c1N=Nc1ccccc1C(=O)[O-].Cc1nn(-c2ccccc2)c([O-])c1N=Nc1ccccc1C(=O)[O-].[Cr+3].[H+]. The van der Waals surface area contributed by atoms with E-state index in [1.165, 1.54) is 33.6 Å². The minimum Gasteiger partial charge on any atom is -0.857 e. The maximum atomic E-state index is 12.4. The van der Waals surface area contributed by atoms with E-state index in [4.69, 9.17) is 0 Å². The third-order valence-corrected chi connectivity index (χ3v) is 6.74. The van der Waals surface area contributed by atoms with Crippen LogP contribution in [0.25, 0.3) is 11.4 Å². The predicted octanol–water partition coefficient (Wildman–Crippen LogP) is 4.18. The molecule has 0 aliphatic carbocycles. The number of nitrogens with zero attached hydrogens (tertiary/aromatic N) is 8. The normalized spacial score (nSPS) is 10.8. The molecule has 0 fully saturated rings. The summed E-state index contributed by atoms with van der Waals surface area (Å²) < 4.78 is 2.46. The summed E-state index contributed by atoms with van der Waals surface area (Å²) in [7, 11) is 0. The first-order valence-corrected chi connectivity index (χ1v) is 14.2. The molecule has 4 aromatic carbocycles. The van der Waals surface area contributed by atoms with E-state index in [0.29, 0.717) is 22.8 Å². The fourth-order valence-electron chi connectivity index (χ4n) is 4.39. The van der Waals surface area contributed by atoms with Crippen LogP contribution in [0.15, 0.2) is 130 Å². The molecule has 1 radical (unpaired) electrons. The fraction of sp³-hybridized carbons (Fsp3) is 0.0588. The summed E-state index contributed by atoms with van der Waals surface area (Å²) >= 11 is 0. The van der Waals surface area contributed by atoms with Crippen LogP contribution in [0.1, 0.15) is 33.5 Å². The molecule has 0 atom stereocenters. The Morgan fingerprint density at radius 1 is 0.551 bits per heavy atom. The van der Waals surface area contributed by atoms with E-state index in [9.17, 15) is 30.0 Å². The van der Waals surface area contributed by atoms with Crippen LogP contribution in [-0.2, 0) is 17.4 Å². The summed E-state index contributed by atoms with van der Waals surface area (Å²) in [6.07, 6.45) is 0. The van der Waals surface area contributed by atoms with Gasteiger partial charge >= 0.3 is 18.8 Å². The molecule has 0 bridgehead atoms. The molecule has 0 aliphatic heterocycles. The predicted molar refractivity (Wildman–Crippen MR) is 167 cm³/mol. The van der Waals surface area contributed by atoms with Gasteiger partial charge in [-0.1, -0.05) is 72.8 Å². The average Bonchev–Trinajstić information content (AvgIpc) is 3.55. The first-order valence-electron chi connectivity index (χ1n) is 14.2. The maximum absolute atomic E-state index is 12.4. The maximum Gasteiger partial charge on any atom is 3.00 e. The number of carboxylic acid groups (broad SMARTS) is 2. The van der Waals surface area contributed by atoms with Crippen LogP contribution in [0.2, 0.25) is 0 Å². The Bertz CT molecular complexity index is 2000. The number of hydrogen-bond acceptors (Lipinski definition) is 12. The molecule has 2 heterocycles. The second-order valence-corrected chi connectivity index (χ2v) is 9.98. The number of hydrogen-bond donors (Lipinski definition) is 0. The Morgan fingerprint density at radius 2 is 0.878 bits per heavy atom. The summed E-state index contributed by atoms with van der Waals surface area (Å²) in [6.45, 7) is 3.28. The van der Waals surface area contributed by atoms with Crippen molar-refractivity contribution in [2.45, 2.75) is 13.8 Å². The molecular weight excluding hydrogens is 668 g/mol. The second kappa shape index (κ2) is 15.9. The topological polar surface area (TPSA) is 211 Å². The molecule has 0 unspecified atom stereocenters. The molecule has 0 saturated carbocycles. The third-order valence-electron chi connectivity index (χ3n) is 6.74. The number of aryl methyl sites for hydroxylation is 2. The zero-order valence-corrected chi connectivity index (χ0v) is 27.1. The first kappa shape index (κ1) is 35.4. The molecule has 0 aliphatic rings. The van der Waals surface area contributed by atoms with Crippen LogP contribution < -0.4 is 20.4 Å². The summed E-state index contributed by atoms with van der Waals surface area (Å²) in [5.41, 5.74) is 2.19. The van der Waals surface area contributed by atoms with Gasteiger partial charge in [0, 0.05) is 22.9 Å². The van der Waals surface area contributed by atoms with Crippen LogP contribution in [0.3, 0.4) is 0 Å². The standard InChI is InChI=1S/2C17H14N4O3.Cr/c2*1-11-15(16(22)21(20-11)12-7-3-2-4-8-12)19-18-14-10-6-5-9-13(14)17(23)24;/h2*2-10,22H,1H3,(H,23,24);/q;;+3/p-3. The van der Waals surface area contributed by atoms with Gasteiger partial charge in [0.1, 0.15) is 11.4 Å². The number of rotatable bonds is 8. The van der Waals surface area contributed by atoms with Crippen molar-refractivity contribution in [3.8, 4) is 23.1 Å². The van der Waals surface area contributed by atoms with Crippen molar-refractivity contribution in [2.24, 2.45) is 20.5 Å². The van der Waals surface area contributed by atoms with E-state index >= 15 is 0 Å². The molecule has 0 amide bonds. The number of aromatic nitrogens is 4. The van der Waals surface area contributed by atoms with Crippen molar-refractivity contribution >= 4 is 34.7 Å². The van der Waals surface area contributed by atoms with Gasteiger partial charge in [0.05, 0.1) is 46.1 Å². The van der Waals surface area contributed by atoms with Gasteiger partial charge in [0.15, 0.2) is 0 Å². The van der Waals surface area contributed by atoms with Gasteiger partial charge < -0.3 is 30.0 Å². The molecular formula is C34H25CrN8O6. The quantitative estimate of drug-likeness (QED) is 0.211. The average molecular weight is 694 g/mol. The van der Waals surface area contributed by atoms with Gasteiger partial charge in [0.2, 0.25) is 0 Å². The minimum atomic E-state index is -1.36. The number of para-hydroxylation sites is 2. The van der Waals surface area contributed by atoms with E-state index in [2.05, 4.69) is 30.7 Å². The van der Waals surface area contributed by atoms with Gasteiger partial charge in [-0.2, -0.15) is 10.2 Å². The number of carbonyl (C=O) groups is 2. The molecule has 0 spiro atoms. The van der Waals surface area contributed by atoms with Gasteiger partial charge in [-0.15, -0.1) is 20.5 Å². The van der Waals surface area contributed by atoms with Crippen LogP contribution >= 0.6 is 0 Å². The summed E-state index contributed by atoms with van der Waals surface area (Å²) in [5, 5.41) is 70.9. The molecule has 6 aromatic rings. The van der Waals surface area contributed by atoms with Crippen molar-refractivity contribution < 1.29 is 48.8 Å². The molecule has 15 heteroatoms. The van der Waals surface area contributed by atoms with Crippen molar-refractivity contribution in [3.63, 3.8) is 0 Å². The zero-order valence-electron chi connectivity index (χ0n) is 26.8. The second-order valence-electron chi connectivity index (χ2n) is 9.98. The Hall–Kier alpha value is -6.43. The number of carbonyl (C=O) groups excluding carboxylic acids is 2. The van der Waals surface area contributed by atoms with Crippen LogP contribution in [-0.4, -0.2) is 31.5 Å². The molecule has 0 N–H and O–H groups in total. The third kappa shape index (κ3) is 8.11. The Morgan fingerprint density at radius 3 is 1.22 bits per heavy atom. The van der Waals surface area contributed by atoms with E-state index in [0.717, 1.165) is 0 Å². The van der Waals surface area contributed by atoms with E-state index < -0.39 is 23.7 Å². The summed E-state index contributed by atoms with van der Waals surface area (Å²) in [4.78, 5) is 22.1. The van der Waals surface area contributed by atoms with Crippen LogP contribution in [0.5, 0.6) is 11.8 Å². The van der Waals surface area contributed by atoms with Crippen LogP contribution in [0.4, 0.5) is 22.7 Å². The summed E-state index contributed by atoms with van der Waals surface area (Å²) in [5.74, 6) is -3.56. The van der Waals surface area contributed by atoms with Gasteiger partial charge in [-0.25, -0.2) is 9.36 Å². The van der Waals surface area contributed by atoms with Crippen LogP contribution in [0, 0.1) is 13.8 Å². The minimum absolute atomic E-state index is 0. The fourth-order valence-corrected chi connectivity index (χ4v) is 4.39. The monoisotopic (exact) mass is 693 g/mol. The molecule has 243 valence electrons. The zero-order chi connectivity index (χ0) is 34.2. The smallest absolute Gasteiger partial charge is 0.857 e.